The van der Waals surface area contributed by atoms with Crippen LogP contribution in [0.25, 0.3) is 0 Å². The van der Waals surface area contributed by atoms with E-state index in [1.54, 1.807) is 24.2 Å². The molecule has 3 heterocycles. The maximum atomic E-state index is 13.2. The second kappa shape index (κ2) is 6.56. The number of nitrogens with one attached hydrogen (secondary N) is 1. The molecule has 0 radical (unpaired) electrons. The third kappa shape index (κ3) is 2.65. The van der Waals surface area contributed by atoms with E-state index in [1.165, 1.54) is 0 Å². The summed E-state index contributed by atoms with van der Waals surface area (Å²) < 4.78 is 6.89. The molecule has 1 N–H and O–H groups in total. The van der Waals surface area contributed by atoms with Crippen LogP contribution in [0.5, 0.6) is 5.75 Å². The number of tetrazole rings is 1. The van der Waals surface area contributed by atoms with Gasteiger partial charge in [-0.15, -0.1) is 0 Å². The highest BCUT2D eigenvalue weighted by Gasteiger charge is 2.39. The van der Waals surface area contributed by atoms with Gasteiger partial charge < -0.3 is 10.1 Å². The fourth-order valence-electron chi connectivity index (χ4n) is 4.03. The number of fused-ring (bicyclic) bond motifs is 1. The van der Waals surface area contributed by atoms with Crippen molar-refractivity contribution in [3.8, 4) is 5.75 Å². The minimum absolute atomic E-state index is 0.0987. The number of rotatable bonds is 3. The molecule has 1 aromatic carbocycles. The molecule has 1 aliphatic heterocycles. The highest BCUT2D eigenvalue weighted by molar-refractivity contribution is 6.00. The average Bonchev–Trinajstić information content (AvgIpc) is 3.21. The van der Waals surface area contributed by atoms with Gasteiger partial charge in [0.2, 0.25) is 5.95 Å². The molecule has 2 aliphatic rings. The van der Waals surface area contributed by atoms with Gasteiger partial charge in [-0.05, 0) is 52.1 Å². The molecular weight excluding hydrogens is 356 g/mol. The Bertz CT molecular complexity index is 1060. The number of allylic oxidation sites excluding steroid dienone is 2. The zero-order valence-corrected chi connectivity index (χ0v) is 15.2. The third-order valence-electron chi connectivity index (χ3n) is 5.37. The number of hydrogen-bond acceptors (Lipinski definition) is 7. The fourth-order valence-corrected chi connectivity index (χ4v) is 4.03. The average molecular weight is 374 g/mol. The van der Waals surface area contributed by atoms with Crippen molar-refractivity contribution in [3.63, 3.8) is 0 Å². The Morgan fingerprint density at radius 2 is 2.00 bits per heavy atom. The molecule has 8 heteroatoms. The molecular formula is C20H18N6O2. The summed E-state index contributed by atoms with van der Waals surface area (Å²) in [7, 11) is 1.64. The van der Waals surface area contributed by atoms with Crippen LogP contribution in [0.1, 0.15) is 35.9 Å². The van der Waals surface area contributed by atoms with E-state index in [4.69, 9.17) is 4.74 Å². The maximum Gasteiger partial charge on any atom is 0.248 e. The summed E-state index contributed by atoms with van der Waals surface area (Å²) in [4.78, 5) is 17.4. The lowest BCUT2D eigenvalue weighted by Crippen LogP contribution is -2.33. The number of pyridine rings is 1. The van der Waals surface area contributed by atoms with E-state index in [0.29, 0.717) is 12.4 Å². The van der Waals surface area contributed by atoms with E-state index in [2.05, 4.69) is 25.8 Å². The van der Waals surface area contributed by atoms with Crippen LogP contribution in [0.2, 0.25) is 0 Å². The van der Waals surface area contributed by atoms with Crippen LogP contribution in [-0.4, -0.2) is 38.1 Å². The molecule has 28 heavy (non-hydrogen) atoms. The monoisotopic (exact) mass is 374 g/mol. The molecule has 0 amide bonds. The number of ketones is 1. The number of carbonyl (C=O) groups is 1. The smallest absolute Gasteiger partial charge is 0.248 e. The Labute approximate surface area is 161 Å². The molecule has 0 bridgehead atoms. The number of carbonyl (C=O) groups excluding carboxylic acids is 1. The van der Waals surface area contributed by atoms with Crippen LogP contribution in [0, 0.1) is 0 Å². The molecule has 2 unspecified atom stereocenters. The molecule has 0 saturated carbocycles. The summed E-state index contributed by atoms with van der Waals surface area (Å²) in [6.07, 6.45) is 4.63. The minimum Gasteiger partial charge on any atom is -0.497 e. The summed E-state index contributed by atoms with van der Waals surface area (Å²) >= 11 is 0. The molecule has 0 fully saturated rings. The van der Waals surface area contributed by atoms with Crippen LogP contribution in [0.4, 0.5) is 5.95 Å². The van der Waals surface area contributed by atoms with Crippen molar-refractivity contribution in [2.24, 2.45) is 0 Å². The predicted octanol–water partition coefficient (Wildman–Crippen LogP) is 2.49. The van der Waals surface area contributed by atoms with E-state index in [9.17, 15) is 4.79 Å². The highest BCUT2D eigenvalue weighted by atomic mass is 16.5. The Morgan fingerprint density at radius 3 is 2.75 bits per heavy atom. The van der Waals surface area contributed by atoms with Gasteiger partial charge in [-0.3, -0.25) is 9.78 Å². The molecule has 140 valence electrons. The lowest BCUT2D eigenvalue weighted by molar-refractivity contribution is -0.116. The molecule has 1 aliphatic carbocycles. The van der Waals surface area contributed by atoms with Gasteiger partial charge in [-0.2, -0.15) is 4.68 Å². The van der Waals surface area contributed by atoms with Crippen molar-refractivity contribution in [1.82, 2.24) is 25.2 Å². The number of anilines is 1. The number of hydrogen-bond donors (Lipinski definition) is 1. The van der Waals surface area contributed by atoms with Crippen molar-refractivity contribution in [2.75, 3.05) is 12.4 Å². The first-order chi connectivity index (χ1) is 13.7. The van der Waals surface area contributed by atoms with Gasteiger partial charge in [0, 0.05) is 30.1 Å². The number of nitrogens with zero attached hydrogens (tertiary/aromatic N) is 5. The van der Waals surface area contributed by atoms with Crippen molar-refractivity contribution in [1.29, 1.82) is 0 Å². The van der Waals surface area contributed by atoms with Crippen LogP contribution in [-0.2, 0) is 4.79 Å². The van der Waals surface area contributed by atoms with Gasteiger partial charge in [-0.25, -0.2) is 0 Å². The Morgan fingerprint density at radius 1 is 1.14 bits per heavy atom. The third-order valence-corrected chi connectivity index (χ3v) is 5.37. The van der Waals surface area contributed by atoms with Crippen molar-refractivity contribution in [3.05, 3.63) is 71.2 Å². The van der Waals surface area contributed by atoms with Gasteiger partial charge in [0.1, 0.15) is 11.8 Å². The number of Topliss-reactive ketones (excluding diaryl/α,β-unsaturated/α-hetero) is 1. The maximum absolute atomic E-state index is 13.2. The number of ether oxygens (including phenoxy) is 1. The lowest BCUT2D eigenvalue weighted by atomic mass is 9.78. The van der Waals surface area contributed by atoms with Crippen molar-refractivity contribution >= 4 is 11.7 Å². The second-order valence-corrected chi connectivity index (χ2v) is 6.95. The second-order valence-electron chi connectivity index (χ2n) is 6.95. The first-order valence-electron chi connectivity index (χ1n) is 9.09. The Balaban J connectivity index is 1.55. The van der Waals surface area contributed by atoms with Gasteiger partial charge in [0.15, 0.2) is 5.78 Å². The number of aromatic nitrogens is 5. The number of methoxy groups -OCH3 is 1. The zero-order chi connectivity index (χ0) is 19.1. The van der Waals surface area contributed by atoms with E-state index < -0.39 is 0 Å². The first kappa shape index (κ1) is 16.6. The quantitative estimate of drug-likeness (QED) is 0.752. The molecule has 8 nitrogen and oxygen atoms in total. The van der Waals surface area contributed by atoms with Crippen molar-refractivity contribution in [2.45, 2.75) is 24.8 Å². The Kier molecular flexibility index (Phi) is 3.89. The van der Waals surface area contributed by atoms with Gasteiger partial charge >= 0.3 is 0 Å². The summed E-state index contributed by atoms with van der Waals surface area (Å²) in [5.41, 5.74) is 3.61. The first-order valence-corrected chi connectivity index (χ1v) is 9.09. The molecule has 2 atom stereocenters. The molecule has 5 rings (SSSR count). The SMILES string of the molecule is COc1ccc(C2CC(=O)C3=C(C2)Nc2nnnn2C3c2cccnc2)cc1. The lowest BCUT2D eigenvalue weighted by Gasteiger charge is -2.34. The van der Waals surface area contributed by atoms with E-state index in [-0.39, 0.29) is 17.7 Å². The number of benzene rings is 1. The summed E-state index contributed by atoms with van der Waals surface area (Å²) in [5.74, 6) is 1.54. The Hall–Kier alpha value is -3.55. The van der Waals surface area contributed by atoms with Gasteiger partial charge in [-0.1, -0.05) is 23.3 Å². The van der Waals surface area contributed by atoms with Crippen LogP contribution in [0.3, 0.4) is 0 Å². The highest BCUT2D eigenvalue weighted by Crippen LogP contribution is 2.43. The molecule has 0 spiro atoms. The summed E-state index contributed by atoms with van der Waals surface area (Å²) in [6.45, 7) is 0. The van der Waals surface area contributed by atoms with Crippen LogP contribution >= 0.6 is 0 Å². The van der Waals surface area contributed by atoms with E-state index >= 15 is 0 Å². The van der Waals surface area contributed by atoms with Crippen LogP contribution < -0.4 is 10.1 Å². The van der Waals surface area contributed by atoms with Gasteiger partial charge in [0.05, 0.1) is 7.11 Å². The standard InChI is InChI=1S/C20H18N6O2/c1-28-15-6-4-12(5-7-15)14-9-16-18(17(27)10-14)19(13-3-2-8-21-11-13)26-20(22-16)23-24-25-26/h2-8,11,14,19H,9-10H2,1H3,(H,22,23,25). The zero-order valence-electron chi connectivity index (χ0n) is 15.2. The molecule has 2 aromatic heterocycles. The largest absolute Gasteiger partial charge is 0.497 e. The topological polar surface area (TPSA) is 94.8 Å². The summed E-state index contributed by atoms with van der Waals surface area (Å²) in [6, 6.07) is 11.3. The minimum atomic E-state index is -0.362. The molecule has 3 aromatic rings. The van der Waals surface area contributed by atoms with Crippen LogP contribution in [0.15, 0.2) is 60.1 Å². The summed E-state index contributed by atoms with van der Waals surface area (Å²) in [5, 5.41) is 15.2. The predicted molar refractivity (Wildman–Crippen MR) is 101 cm³/mol. The normalized spacial score (nSPS) is 21.0. The van der Waals surface area contributed by atoms with Gasteiger partial charge in [0.25, 0.3) is 0 Å². The molecule has 0 saturated heterocycles. The van der Waals surface area contributed by atoms with Crippen molar-refractivity contribution < 1.29 is 9.53 Å². The van der Waals surface area contributed by atoms with E-state index in [1.807, 2.05) is 36.4 Å². The van der Waals surface area contributed by atoms with E-state index in [0.717, 1.165) is 34.6 Å². The fraction of sp³-hybridized carbons (Fsp3) is 0.250.